The number of hydrogen-bond acceptors (Lipinski definition) is 3. The Morgan fingerprint density at radius 2 is 1.79 bits per heavy atom. The zero-order valence-corrected chi connectivity index (χ0v) is 16.9. The van der Waals surface area contributed by atoms with Crippen LogP contribution >= 0.6 is 31.9 Å². The summed E-state index contributed by atoms with van der Waals surface area (Å²) in [5, 5.41) is 1.25. The van der Waals surface area contributed by atoms with Gasteiger partial charge in [-0.1, -0.05) is 63.9 Å². The number of nitrogens with zero attached hydrogens (tertiary/aromatic N) is 1. The molecule has 3 aromatic rings. The zero-order chi connectivity index (χ0) is 17.5. The van der Waals surface area contributed by atoms with Gasteiger partial charge in [0.2, 0.25) is 5.89 Å². The lowest BCUT2D eigenvalue weighted by atomic mass is 10.1. The molecule has 0 fully saturated rings. The molecule has 0 unspecified atom stereocenters. The second kappa shape index (κ2) is 9.14. The predicted molar refractivity (Wildman–Crippen MR) is 106 cm³/mol. The molecule has 0 atom stereocenters. The highest BCUT2D eigenvalue weighted by molar-refractivity contribution is 9.09. The molecule has 0 aliphatic carbocycles. The average Bonchev–Trinajstić information content (AvgIpc) is 3.06. The van der Waals surface area contributed by atoms with Crippen molar-refractivity contribution < 1.29 is 9.21 Å². The van der Waals surface area contributed by atoms with Crippen LogP contribution in [0.5, 0.6) is 0 Å². The molecule has 0 aliphatic heterocycles. The van der Waals surface area contributed by atoms with Gasteiger partial charge in [-0.25, -0.2) is 4.98 Å². The first-order chi connectivity index (χ1) is 11.7. The third-order valence-corrected chi connectivity index (χ3v) is 4.32. The number of oxazole rings is 1. The Bertz CT molecular complexity index is 810. The standard InChI is InChI=1S/C17H13Br2NO2.C2H6/c18-8-7-11-1-6-16-14(9-11)20-17(22-16)13-4-2-12(3-5-13)15(21)10-19;1-2/h1-6,9H,7-8,10H2;1-2H3. The van der Waals surface area contributed by atoms with Gasteiger partial charge >= 0.3 is 0 Å². The molecule has 5 heteroatoms. The fourth-order valence-corrected chi connectivity index (χ4v) is 3.02. The molecule has 0 saturated heterocycles. The van der Waals surface area contributed by atoms with Crippen LogP contribution in [0.3, 0.4) is 0 Å². The Balaban J connectivity index is 0.00000100. The summed E-state index contributed by atoms with van der Waals surface area (Å²) in [4.78, 5) is 16.2. The highest BCUT2D eigenvalue weighted by Gasteiger charge is 2.10. The maximum absolute atomic E-state index is 11.6. The van der Waals surface area contributed by atoms with Crippen molar-refractivity contribution in [3.05, 3.63) is 53.6 Å². The van der Waals surface area contributed by atoms with Gasteiger partial charge in [-0.3, -0.25) is 4.79 Å². The van der Waals surface area contributed by atoms with E-state index in [-0.39, 0.29) is 5.78 Å². The summed E-state index contributed by atoms with van der Waals surface area (Å²) < 4.78 is 5.80. The van der Waals surface area contributed by atoms with E-state index < -0.39 is 0 Å². The van der Waals surface area contributed by atoms with Gasteiger partial charge in [0.1, 0.15) is 5.52 Å². The van der Waals surface area contributed by atoms with E-state index in [1.54, 1.807) is 12.1 Å². The lowest BCUT2D eigenvalue weighted by Gasteiger charge is -1.98. The van der Waals surface area contributed by atoms with Crippen LogP contribution < -0.4 is 0 Å². The summed E-state index contributed by atoms with van der Waals surface area (Å²) in [6.45, 7) is 4.00. The number of Topliss-reactive ketones (excluding diaryl/α,β-unsaturated/α-hetero) is 1. The Morgan fingerprint density at radius 1 is 1.08 bits per heavy atom. The van der Waals surface area contributed by atoms with Crippen LogP contribution in [-0.2, 0) is 6.42 Å². The van der Waals surface area contributed by atoms with Crippen molar-refractivity contribution in [1.82, 2.24) is 4.98 Å². The Hall–Kier alpha value is -1.46. The molecular weight excluding hydrogens is 434 g/mol. The topological polar surface area (TPSA) is 43.1 Å². The van der Waals surface area contributed by atoms with Crippen molar-refractivity contribution in [2.24, 2.45) is 0 Å². The number of hydrogen-bond donors (Lipinski definition) is 0. The molecule has 0 saturated carbocycles. The molecule has 0 bridgehead atoms. The smallest absolute Gasteiger partial charge is 0.227 e. The van der Waals surface area contributed by atoms with E-state index in [9.17, 15) is 4.79 Å². The fraction of sp³-hybridized carbons (Fsp3) is 0.263. The molecule has 1 heterocycles. The monoisotopic (exact) mass is 451 g/mol. The number of rotatable bonds is 5. The minimum Gasteiger partial charge on any atom is -0.436 e. The molecule has 0 spiro atoms. The van der Waals surface area contributed by atoms with Crippen molar-refractivity contribution in [1.29, 1.82) is 0 Å². The SMILES string of the molecule is CC.O=C(CBr)c1ccc(-c2nc3cc(CCBr)ccc3o2)cc1. The first-order valence-corrected chi connectivity index (χ1v) is 10.1. The molecule has 126 valence electrons. The van der Waals surface area contributed by atoms with Crippen molar-refractivity contribution in [3.8, 4) is 11.5 Å². The van der Waals surface area contributed by atoms with Crippen LogP contribution in [0.25, 0.3) is 22.6 Å². The minimum atomic E-state index is 0.0588. The van der Waals surface area contributed by atoms with Crippen molar-refractivity contribution >= 4 is 48.7 Å². The van der Waals surface area contributed by atoms with E-state index in [0.717, 1.165) is 28.4 Å². The normalized spacial score (nSPS) is 10.3. The number of aryl methyl sites for hydroxylation is 1. The first kappa shape index (κ1) is 18.9. The quantitative estimate of drug-likeness (QED) is 0.350. The third-order valence-electron chi connectivity index (χ3n) is 3.41. The van der Waals surface area contributed by atoms with Gasteiger partial charge < -0.3 is 4.42 Å². The highest BCUT2D eigenvalue weighted by atomic mass is 79.9. The van der Waals surface area contributed by atoms with Crippen molar-refractivity contribution in [2.75, 3.05) is 10.7 Å². The number of carbonyl (C=O) groups is 1. The molecule has 0 amide bonds. The molecule has 1 aromatic heterocycles. The lowest BCUT2D eigenvalue weighted by molar-refractivity contribution is 0.102. The number of benzene rings is 2. The van der Waals surface area contributed by atoms with Gasteiger partial charge in [0.25, 0.3) is 0 Å². The highest BCUT2D eigenvalue weighted by Crippen LogP contribution is 2.25. The summed E-state index contributed by atoms with van der Waals surface area (Å²) in [6, 6.07) is 13.4. The molecule has 0 radical (unpaired) electrons. The van der Waals surface area contributed by atoms with Crippen LogP contribution in [-0.4, -0.2) is 21.4 Å². The maximum atomic E-state index is 11.6. The number of fused-ring (bicyclic) bond motifs is 1. The Kier molecular flexibility index (Phi) is 7.18. The van der Waals surface area contributed by atoms with Gasteiger partial charge in [0.05, 0.1) is 5.33 Å². The Morgan fingerprint density at radius 3 is 2.42 bits per heavy atom. The number of carbonyl (C=O) groups excluding carboxylic acids is 1. The summed E-state index contributed by atoms with van der Waals surface area (Å²) >= 11 is 6.62. The molecule has 0 aliphatic rings. The first-order valence-electron chi connectivity index (χ1n) is 7.86. The second-order valence-corrected chi connectivity index (χ2v) is 6.25. The van der Waals surface area contributed by atoms with Crippen LogP contribution in [0.1, 0.15) is 29.8 Å². The van der Waals surface area contributed by atoms with Gasteiger partial charge in [0, 0.05) is 16.5 Å². The molecule has 3 rings (SSSR count). The summed E-state index contributed by atoms with van der Waals surface area (Å²) in [5.41, 5.74) is 4.39. The molecular formula is C19H19Br2NO2. The average molecular weight is 453 g/mol. The molecule has 24 heavy (non-hydrogen) atoms. The van der Waals surface area contributed by atoms with Crippen molar-refractivity contribution in [3.63, 3.8) is 0 Å². The van der Waals surface area contributed by atoms with Crippen LogP contribution in [0.2, 0.25) is 0 Å². The Labute approximate surface area is 158 Å². The van der Waals surface area contributed by atoms with Crippen LogP contribution in [0.15, 0.2) is 46.9 Å². The molecule has 3 nitrogen and oxygen atoms in total. The van der Waals surface area contributed by atoms with E-state index in [1.807, 2.05) is 38.1 Å². The zero-order valence-electron chi connectivity index (χ0n) is 13.7. The summed E-state index contributed by atoms with van der Waals surface area (Å²) in [5.74, 6) is 0.632. The number of alkyl halides is 2. The molecule has 2 aromatic carbocycles. The maximum Gasteiger partial charge on any atom is 0.227 e. The third kappa shape index (κ3) is 4.33. The largest absolute Gasteiger partial charge is 0.436 e. The van der Waals surface area contributed by atoms with E-state index in [4.69, 9.17) is 4.42 Å². The van der Waals surface area contributed by atoms with E-state index in [2.05, 4.69) is 42.9 Å². The predicted octanol–water partition coefficient (Wildman–Crippen LogP) is 6.04. The summed E-state index contributed by atoms with van der Waals surface area (Å²) in [6.07, 6.45) is 0.960. The van der Waals surface area contributed by atoms with Gasteiger partial charge in [-0.2, -0.15) is 0 Å². The second-order valence-electron chi connectivity index (χ2n) is 4.89. The van der Waals surface area contributed by atoms with E-state index >= 15 is 0 Å². The number of halogens is 2. The fourth-order valence-electron chi connectivity index (χ4n) is 2.24. The van der Waals surface area contributed by atoms with Crippen molar-refractivity contribution in [2.45, 2.75) is 20.3 Å². The van der Waals surface area contributed by atoms with Crippen LogP contribution in [0.4, 0.5) is 0 Å². The molecule has 0 N–H and O–H groups in total. The summed E-state index contributed by atoms with van der Waals surface area (Å²) in [7, 11) is 0. The lowest BCUT2D eigenvalue weighted by Crippen LogP contribution is -1.98. The van der Waals surface area contributed by atoms with Gasteiger partial charge in [-0.05, 0) is 36.2 Å². The van der Waals surface area contributed by atoms with E-state index in [0.29, 0.717) is 16.8 Å². The van der Waals surface area contributed by atoms with E-state index in [1.165, 1.54) is 5.56 Å². The minimum absolute atomic E-state index is 0.0588. The number of ketones is 1. The van der Waals surface area contributed by atoms with Gasteiger partial charge in [0.15, 0.2) is 11.4 Å². The van der Waals surface area contributed by atoms with Gasteiger partial charge in [-0.15, -0.1) is 0 Å². The number of aromatic nitrogens is 1. The van der Waals surface area contributed by atoms with Crippen LogP contribution in [0, 0.1) is 0 Å².